The van der Waals surface area contributed by atoms with Gasteiger partial charge < -0.3 is 9.47 Å². The quantitative estimate of drug-likeness (QED) is 0.577. The monoisotopic (exact) mass is 310 g/mol. The summed E-state index contributed by atoms with van der Waals surface area (Å²) in [5, 5.41) is 8.38. The molecule has 22 heavy (non-hydrogen) atoms. The van der Waals surface area contributed by atoms with Gasteiger partial charge in [0.15, 0.2) is 11.5 Å². The van der Waals surface area contributed by atoms with Gasteiger partial charge in [-0.1, -0.05) is 23.7 Å². The molecule has 4 nitrogen and oxygen atoms in total. The Hall–Kier alpha value is -2.46. The van der Waals surface area contributed by atoms with Crippen molar-refractivity contribution in [3.05, 3.63) is 52.5 Å². The van der Waals surface area contributed by atoms with E-state index < -0.39 is 0 Å². The summed E-state index contributed by atoms with van der Waals surface area (Å²) in [4.78, 5) is 0. The summed E-state index contributed by atoms with van der Waals surface area (Å²) in [7, 11) is 0. The second kappa shape index (κ2) is 4.27. The number of benzene rings is 2. The van der Waals surface area contributed by atoms with Crippen LogP contribution in [0.5, 0.6) is 11.5 Å². The molecule has 2 aliphatic rings. The highest BCUT2D eigenvalue weighted by Gasteiger charge is 2.28. The normalized spacial score (nSPS) is 14.0. The third kappa shape index (κ3) is 1.61. The minimum absolute atomic E-state index is 0.296. The molecule has 0 bridgehead atoms. The van der Waals surface area contributed by atoms with Gasteiger partial charge in [-0.05, 0) is 29.8 Å². The van der Waals surface area contributed by atoms with Crippen LogP contribution in [-0.2, 0) is 6.42 Å². The zero-order valence-electron chi connectivity index (χ0n) is 11.5. The van der Waals surface area contributed by atoms with Gasteiger partial charge in [-0.25, -0.2) is 0 Å². The number of nitrogens with zero attached hydrogens (tertiary/aromatic N) is 1. The Morgan fingerprint density at radius 2 is 1.82 bits per heavy atom. The third-order valence-corrected chi connectivity index (χ3v) is 4.47. The van der Waals surface area contributed by atoms with Crippen LogP contribution in [0.1, 0.15) is 11.1 Å². The van der Waals surface area contributed by atoms with Crippen LogP contribution in [0.15, 0.2) is 36.4 Å². The van der Waals surface area contributed by atoms with Crippen molar-refractivity contribution in [3.8, 4) is 34.0 Å². The number of hydrogen-bond donors (Lipinski definition) is 1. The molecule has 2 heterocycles. The van der Waals surface area contributed by atoms with Gasteiger partial charge in [-0.3, -0.25) is 5.10 Å². The molecular weight excluding hydrogens is 300 g/mol. The lowest BCUT2D eigenvalue weighted by molar-refractivity contribution is 0.174. The summed E-state index contributed by atoms with van der Waals surface area (Å²) in [6.45, 7) is 0.296. The van der Waals surface area contributed by atoms with E-state index >= 15 is 0 Å². The molecule has 2 aromatic carbocycles. The van der Waals surface area contributed by atoms with E-state index in [2.05, 4.69) is 16.3 Å². The molecule has 108 valence electrons. The molecule has 0 atom stereocenters. The van der Waals surface area contributed by atoms with Crippen molar-refractivity contribution in [3.63, 3.8) is 0 Å². The average molecular weight is 311 g/mol. The third-order valence-electron chi connectivity index (χ3n) is 4.22. The molecular formula is C17H11ClN2O2. The molecule has 1 aromatic heterocycles. The average Bonchev–Trinajstić information content (AvgIpc) is 3.20. The molecule has 5 rings (SSSR count). The highest BCUT2D eigenvalue weighted by molar-refractivity contribution is 6.30. The molecule has 0 saturated carbocycles. The maximum absolute atomic E-state index is 5.96. The summed E-state index contributed by atoms with van der Waals surface area (Å²) in [6, 6.07) is 11.9. The highest BCUT2D eigenvalue weighted by Crippen LogP contribution is 2.45. The first kappa shape index (κ1) is 12.1. The first-order valence-electron chi connectivity index (χ1n) is 7.05. The molecule has 0 radical (unpaired) electrons. The number of rotatable bonds is 1. The number of aromatic amines is 1. The maximum Gasteiger partial charge on any atom is 0.231 e. The minimum Gasteiger partial charge on any atom is -0.454 e. The van der Waals surface area contributed by atoms with Gasteiger partial charge in [-0.15, -0.1) is 0 Å². The van der Waals surface area contributed by atoms with E-state index in [9.17, 15) is 0 Å². The van der Waals surface area contributed by atoms with Gasteiger partial charge in [-0.2, -0.15) is 5.10 Å². The second-order valence-electron chi connectivity index (χ2n) is 5.47. The number of aromatic nitrogens is 2. The fraction of sp³-hybridized carbons (Fsp3) is 0.118. The minimum atomic E-state index is 0.296. The van der Waals surface area contributed by atoms with Crippen molar-refractivity contribution < 1.29 is 9.47 Å². The number of hydrogen-bond acceptors (Lipinski definition) is 3. The molecule has 1 aliphatic heterocycles. The largest absolute Gasteiger partial charge is 0.454 e. The number of fused-ring (bicyclic) bond motifs is 4. The lowest BCUT2D eigenvalue weighted by atomic mass is 10.1. The van der Waals surface area contributed by atoms with E-state index in [4.69, 9.17) is 21.1 Å². The van der Waals surface area contributed by atoms with E-state index in [0.29, 0.717) is 6.79 Å². The number of H-pyrrole nitrogens is 1. The molecule has 1 N–H and O–H groups in total. The molecule has 0 amide bonds. The SMILES string of the molecule is Clc1ccc(-c2n[nH]c3c2Cc2cc4c(cc2-3)OCO4)cc1. The standard InChI is InChI=1S/C17H11ClN2O2/c18-11-3-1-9(2-4-11)16-13-5-10-6-14-15(22-8-21-14)7-12(10)17(13)20-19-16/h1-4,6-7H,5,8H2,(H,19,20). The molecule has 0 fully saturated rings. The van der Waals surface area contributed by atoms with Crippen molar-refractivity contribution in [2.75, 3.05) is 6.79 Å². The molecule has 3 aromatic rings. The molecule has 1 aliphatic carbocycles. The summed E-state index contributed by atoms with van der Waals surface area (Å²) >= 11 is 5.96. The predicted molar refractivity (Wildman–Crippen MR) is 83.4 cm³/mol. The maximum atomic E-state index is 5.96. The molecule has 5 heteroatoms. The van der Waals surface area contributed by atoms with Gasteiger partial charge in [0.2, 0.25) is 6.79 Å². The Morgan fingerprint density at radius 3 is 2.64 bits per heavy atom. The fourth-order valence-electron chi connectivity index (χ4n) is 3.16. The van der Waals surface area contributed by atoms with E-state index in [1.807, 2.05) is 30.3 Å². The summed E-state index contributed by atoms with van der Waals surface area (Å²) < 4.78 is 10.9. The van der Waals surface area contributed by atoms with Crippen molar-refractivity contribution >= 4 is 11.6 Å². The zero-order valence-corrected chi connectivity index (χ0v) is 12.3. The van der Waals surface area contributed by atoms with Crippen LogP contribution in [0.3, 0.4) is 0 Å². The van der Waals surface area contributed by atoms with Crippen molar-refractivity contribution in [2.24, 2.45) is 0 Å². The Bertz CT molecular complexity index is 900. The van der Waals surface area contributed by atoms with Gasteiger partial charge >= 0.3 is 0 Å². The van der Waals surface area contributed by atoms with E-state index in [-0.39, 0.29) is 0 Å². The Kier molecular flexibility index (Phi) is 2.35. The second-order valence-corrected chi connectivity index (χ2v) is 5.91. The van der Waals surface area contributed by atoms with Crippen LogP contribution < -0.4 is 9.47 Å². The number of nitrogens with one attached hydrogen (secondary N) is 1. The van der Waals surface area contributed by atoms with Gasteiger partial charge in [0, 0.05) is 28.1 Å². The fourth-order valence-corrected chi connectivity index (χ4v) is 3.29. The Balaban J connectivity index is 1.64. The predicted octanol–water partition coefficient (Wildman–Crippen LogP) is 4.03. The lowest BCUT2D eigenvalue weighted by Gasteiger charge is -2.02. The van der Waals surface area contributed by atoms with Gasteiger partial charge in [0.05, 0.1) is 11.4 Å². The van der Waals surface area contributed by atoms with Crippen LogP contribution >= 0.6 is 11.6 Å². The van der Waals surface area contributed by atoms with Crippen LogP contribution in [-0.4, -0.2) is 17.0 Å². The van der Waals surface area contributed by atoms with E-state index in [1.54, 1.807) is 0 Å². The number of halogens is 1. The first-order valence-corrected chi connectivity index (χ1v) is 7.43. The van der Waals surface area contributed by atoms with Crippen LogP contribution in [0.4, 0.5) is 0 Å². The van der Waals surface area contributed by atoms with Crippen LogP contribution in [0.2, 0.25) is 5.02 Å². The lowest BCUT2D eigenvalue weighted by Crippen LogP contribution is -1.93. The Labute approximate surface area is 131 Å². The van der Waals surface area contributed by atoms with Crippen molar-refractivity contribution in [1.29, 1.82) is 0 Å². The number of ether oxygens (including phenoxy) is 2. The van der Waals surface area contributed by atoms with Crippen molar-refractivity contribution in [2.45, 2.75) is 6.42 Å². The van der Waals surface area contributed by atoms with E-state index in [1.165, 1.54) is 11.1 Å². The topological polar surface area (TPSA) is 47.1 Å². The van der Waals surface area contributed by atoms with Crippen molar-refractivity contribution in [1.82, 2.24) is 10.2 Å². The van der Waals surface area contributed by atoms with Gasteiger partial charge in [0.1, 0.15) is 0 Å². The summed E-state index contributed by atoms with van der Waals surface area (Å²) in [6.07, 6.45) is 0.843. The summed E-state index contributed by atoms with van der Waals surface area (Å²) in [5.74, 6) is 1.62. The molecule has 0 unspecified atom stereocenters. The zero-order chi connectivity index (χ0) is 14.7. The smallest absolute Gasteiger partial charge is 0.231 e. The summed E-state index contributed by atoms with van der Waals surface area (Å²) in [5.41, 5.74) is 6.70. The molecule has 0 saturated heterocycles. The van der Waals surface area contributed by atoms with Crippen LogP contribution in [0, 0.1) is 0 Å². The van der Waals surface area contributed by atoms with E-state index in [0.717, 1.165) is 45.5 Å². The first-order chi connectivity index (χ1) is 10.8. The Morgan fingerprint density at radius 1 is 1.05 bits per heavy atom. The highest BCUT2D eigenvalue weighted by atomic mass is 35.5. The van der Waals surface area contributed by atoms with Crippen LogP contribution in [0.25, 0.3) is 22.5 Å². The molecule has 0 spiro atoms. The van der Waals surface area contributed by atoms with Gasteiger partial charge in [0.25, 0.3) is 0 Å².